The first-order valence-corrected chi connectivity index (χ1v) is 9.53. The molecule has 1 aliphatic heterocycles. The van der Waals surface area contributed by atoms with Gasteiger partial charge in [-0.05, 0) is 68.1 Å². The quantitative estimate of drug-likeness (QED) is 0.667. The summed E-state index contributed by atoms with van der Waals surface area (Å²) in [5, 5.41) is 0. The van der Waals surface area contributed by atoms with Gasteiger partial charge in [-0.1, -0.05) is 35.9 Å². The molecule has 1 aromatic heterocycles. The SMILES string of the molecule is Cc1ccc2c(c1)CN(C(=O)Cc1ccc(-n3cccc3)cc1)C(C)(C)C2. The van der Waals surface area contributed by atoms with Gasteiger partial charge in [0.15, 0.2) is 0 Å². The van der Waals surface area contributed by atoms with Crippen molar-refractivity contribution in [2.75, 3.05) is 0 Å². The third-order valence-electron chi connectivity index (χ3n) is 5.54. The zero-order valence-corrected chi connectivity index (χ0v) is 16.3. The average molecular weight is 358 g/mol. The zero-order valence-electron chi connectivity index (χ0n) is 16.3. The molecule has 0 unspecified atom stereocenters. The first-order chi connectivity index (χ1) is 12.9. The van der Waals surface area contributed by atoms with Gasteiger partial charge in [-0.3, -0.25) is 4.79 Å². The molecule has 2 aromatic carbocycles. The fraction of sp³-hybridized carbons (Fsp3) is 0.292. The van der Waals surface area contributed by atoms with Crippen molar-refractivity contribution in [1.82, 2.24) is 9.47 Å². The van der Waals surface area contributed by atoms with Crippen LogP contribution in [0.15, 0.2) is 67.0 Å². The second kappa shape index (κ2) is 6.73. The lowest BCUT2D eigenvalue weighted by atomic mass is 9.84. The van der Waals surface area contributed by atoms with Crippen LogP contribution in [0.1, 0.15) is 36.1 Å². The van der Waals surface area contributed by atoms with Crippen molar-refractivity contribution in [3.8, 4) is 5.69 Å². The van der Waals surface area contributed by atoms with Crippen molar-refractivity contribution in [2.24, 2.45) is 0 Å². The van der Waals surface area contributed by atoms with Gasteiger partial charge < -0.3 is 9.47 Å². The van der Waals surface area contributed by atoms with E-state index in [1.54, 1.807) is 0 Å². The molecule has 0 saturated heterocycles. The van der Waals surface area contributed by atoms with Gasteiger partial charge in [0.25, 0.3) is 0 Å². The Kier molecular flexibility index (Phi) is 4.39. The molecule has 0 aliphatic carbocycles. The maximum Gasteiger partial charge on any atom is 0.227 e. The number of hydrogen-bond acceptors (Lipinski definition) is 1. The third-order valence-corrected chi connectivity index (χ3v) is 5.54. The molecule has 0 saturated carbocycles. The molecule has 1 amide bonds. The number of aryl methyl sites for hydroxylation is 1. The van der Waals surface area contributed by atoms with Crippen molar-refractivity contribution in [3.05, 3.63) is 89.2 Å². The van der Waals surface area contributed by atoms with E-state index in [0.29, 0.717) is 13.0 Å². The largest absolute Gasteiger partial charge is 0.333 e. The summed E-state index contributed by atoms with van der Waals surface area (Å²) in [7, 11) is 0. The van der Waals surface area contributed by atoms with Gasteiger partial charge in [-0.25, -0.2) is 0 Å². The minimum Gasteiger partial charge on any atom is -0.333 e. The van der Waals surface area contributed by atoms with Gasteiger partial charge in [0.05, 0.1) is 6.42 Å². The molecule has 3 aromatic rings. The predicted octanol–water partition coefficient (Wildman–Crippen LogP) is 4.69. The number of carbonyl (C=O) groups excluding carboxylic acids is 1. The standard InChI is InChI=1S/C24H26N2O/c1-18-6-9-20-16-24(2,3)26(17-21(20)14-18)23(27)15-19-7-10-22(11-8-19)25-12-4-5-13-25/h4-14H,15-17H2,1-3H3. The maximum atomic E-state index is 13.1. The van der Waals surface area contributed by atoms with E-state index in [2.05, 4.69) is 72.7 Å². The highest BCUT2D eigenvalue weighted by molar-refractivity contribution is 5.80. The molecule has 2 heterocycles. The van der Waals surface area contributed by atoms with Gasteiger partial charge in [0.1, 0.15) is 0 Å². The number of carbonyl (C=O) groups is 1. The van der Waals surface area contributed by atoms with Crippen LogP contribution in [-0.4, -0.2) is 20.9 Å². The van der Waals surface area contributed by atoms with Gasteiger partial charge in [0, 0.05) is 30.2 Å². The highest BCUT2D eigenvalue weighted by Crippen LogP contribution is 2.31. The Balaban J connectivity index is 1.52. The minimum absolute atomic E-state index is 0.162. The summed E-state index contributed by atoms with van der Waals surface area (Å²) in [4.78, 5) is 15.2. The summed E-state index contributed by atoms with van der Waals surface area (Å²) in [6.07, 6.45) is 5.39. The molecular weight excluding hydrogens is 332 g/mol. The zero-order chi connectivity index (χ0) is 19.0. The van der Waals surface area contributed by atoms with Crippen molar-refractivity contribution in [1.29, 1.82) is 0 Å². The van der Waals surface area contributed by atoms with E-state index in [9.17, 15) is 4.79 Å². The van der Waals surface area contributed by atoms with Crippen LogP contribution in [0, 0.1) is 6.92 Å². The molecule has 0 N–H and O–H groups in total. The number of fused-ring (bicyclic) bond motifs is 1. The number of rotatable bonds is 3. The number of hydrogen-bond donors (Lipinski definition) is 0. The molecule has 0 atom stereocenters. The van der Waals surface area contributed by atoms with Gasteiger partial charge >= 0.3 is 0 Å². The lowest BCUT2D eigenvalue weighted by Crippen LogP contribution is -2.52. The van der Waals surface area contributed by atoms with E-state index >= 15 is 0 Å². The molecule has 4 rings (SSSR count). The van der Waals surface area contributed by atoms with Crippen molar-refractivity contribution >= 4 is 5.91 Å². The summed E-state index contributed by atoms with van der Waals surface area (Å²) < 4.78 is 2.07. The van der Waals surface area contributed by atoms with Crippen LogP contribution in [0.2, 0.25) is 0 Å². The summed E-state index contributed by atoms with van der Waals surface area (Å²) in [5.74, 6) is 0.195. The monoisotopic (exact) mass is 358 g/mol. The fourth-order valence-electron chi connectivity index (χ4n) is 4.01. The Morgan fingerprint density at radius 2 is 1.70 bits per heavy atom. The summed E-state index contributed by atoms with van der Waals surface area (Å²) in [5.41, 5.74) is 5.91. The van der Waals surface area contributed by atoms with Crippen LogP contribution in [0.5, 0.6) is 0 Å². The molecular formula is C24H26N2O. The predicted molar refractivity (Wildman–Crippen MR) is 109 cm³/mol. The Morgan fingerprint density at radius 3 is 2.41 bits per heavy atom. The average Bonchev–Trinajstić information content (AvgIpc) is 3.16. The summed E-state index contributed by atoms with van der Waals surface area (Å²) in [6.45, 7) is 7.15. The van der Waals surface area contributed by atoms with Crippen LogP contribution >= 0.6 is 0 Å². The smallest absolute Gasteiger partial charge is 0.227 e. The Bertz CT molecular complexity index is 953. The second-order valence-electron chi connectivity index (χ2n) is 8.17. The number of aromatic nitrogens is 1. The number of amides is 1. The lowest BCUT2D eigenvalue weighted by molar-refractivity contribution is -0.137. The molecule has 27 heavy (non-hydrogen) atoms. The van der Waals surface area contributed by atoms with Crippen LogP contribution < -0.4 is 0 Å². The van der Waals surface area contributed by atoms with E-state index in [1.165, 1.54) is 16.7 Å². The van der Waals surface area contributed by atoms with Crippen molar-refractivity contribution in [3.63, 3.8) is 0 Å². The molecule has 0 spiro atoms. The topological polar surface area (TPSA) is 25.2 Å². The van der Waals surface area contributed by atoms with E-state index in [0.717, 1.165) is 17.7 Å². The highest BCUT2D eigenvalue weighted by atomic mass is 16.2. The van der Waals surface area contributed by atoms with E-state index in [4.69, 9.17) is 0 Å². The summed E-state index contributed by atoms with van der Waals surface area (Å²) >= 11 is 0. The maximum absolute atomic E-state index is 13.1. The normalized spacial score (nSPS) is 15.4. The molecule has 0 bridgehead atoms. The fourth-order valence-corrected chi connectivity index (χ4v) is 4.01. The van der Waals surface area contributed by atoms with Crippen LogP contribution in [0.3, 0.4) is 0 Å². The minimum atomic E-state index is -0.162. The molecule has 3 heteroatoms. The van der Waals surface area contributed by atoms with Gasteiger partial charge in [-0.15, -0.1) is 0 Å². The van der Waals surface area contributed by atoms with E-state index in [1.807, 2.05) is 24.5 Å². The highest BCUT2D eigenvalue weighted by Gasteiger charge is 2.35. The number of nitrogens with zero attached hydrogens (tertiary/aromatic N) is 2. The summed E-state index contributed by atoms with van der Waals surface area (Å²) in [6, 6.07) is 18.9. The molecule has 0 radical (unpaired) electrons. The molecule has 3 nitrogen and oxygen atoms in total. The van der Waals surface area contributed by atoms with Crippen LogP contribution in [-0.2, 0) is 24.2 Å². The van der Waals surface area contributed by atoms with Gasteiger partial charge in [-0.2, -0.15) is 0 Å². The molecule has 1 aliphatic rings. The first kappa shape index (κ1) is 17.6. The van der Waals surface area contributed by atoms with E-state index in [-0.39, 0.29) is 11.4 Å². The first-order valence-electron chi connectivity index (χ1n) is 9.53. The Hall–Kier alpha value is -2.81. The van der Waals surface area contributed by atoms with E-state index < -0.39 is 0 Å². The Labute approximate surface area is 161 Å². The van der Waals surface area contributed by atoms with Crippen molar-refractivity contribution in [2.45, 2.75) is 45.7 Å². The van der Waals surface area contributed by atoms with Gasteiger partial charge in [0.2, 0.25) is 5.91 Å². The lowest BCUT2D eigenvalue weighted by Gasteiger charge is -2.43. The number of benzene rings is 2. The second-order valence-corrected chi connectivity index (χ2v) is 8.17. The van der Waals surface area contributed by atoms with Crippen LogP contribution in [0.25, 0.3) is 5.69 Å². The Morgan fingerprint density at radius 1 is 1.00 bits per heavy atom. The van der Waals surface area contributed by atoms with Crippen LogP contribution in [0.4, 0.5) is 0 Å². The third kappa shape index (κ3) is 3.55. The molecule has 0 fully saturated rings. The molecule has 138 valence electrons. The van der Waals surface area contributed by atoms with Crippen molar-refractivity contribution < 1.29 is 4.79 Å².